The van der Waals surface area contributed by atoms with Crippen LogP contribution >= 0.6 is 0 Å². The Morgan fingerprint density at radius 1 is 1.82 bits per heavy atom. The molecule has 0 aliphatic rings. The van der Waals surface area contributed by atoms with Gasteiger partial charge in [0.1, 0.15) is 6.26 Å². The zero-order valence-corrected chi connectivity index (χ0v) is 5.74. The van der Waals surface area contributed by atoms with Crippen LogP contribution in [0.25, 0.3) is 0 Å². The third-order valence-electron chi connectivity index (χ3n) is 1.04. The number of furan rings is 1. The molecule has 1 aromatic rings. The van der Waals surface area contributed by atoms with E-state index in [2.05, 4.69) is 15.1 Å². The number of esters is 1. The van der Waals surface area contributed by atoms with E-state index in [0.29, 0.717) is 5.56 Å². The van der Waals surface area contributed by atoms with E-state index in [1.165, 1.54) is 18.6 Å². The van der Waals surface area contributed by atoms with Crippen molar-refractivity contribution in [2.45, 2.75) is 0 Å². The zero-order chi connectivity index (χ0) is 8.10. The maximum atomic E-state index is 10.9. The van der Waals surface area contributed by atoms with Crippen LogP contribution in [0.1, 0.15) is 10.4 Å². The van der Waals surface area contributed by atoms with Crippen LogP contribution in [0, 0.1) is 12.3 Å². The molecule has 3 nitrogen and oxygen atoms in total. The lowest BCUT2D eigenvalue weighted by Crippen LogP contribution is -2.03. The Balaban J connectivity index is 2.51. The second kappa shape index (κ2) is 3.47. The second-order valence-electron chi connectivity index (χ2n) is 1.79. The fourth-order valence-electron chi connectivity index (χ4n) is 0.571. The first-order valence-electron chi connectivity index (χ1n) is 2.97. The van der Waals surface area contributed by atoms with Crippen LogP contribution in [0.5, 0.6) is 0 Å². The van der Waals surface area contributed by atoms with E-state index >= 15 is 0 Å². The normalized spacial score (nSPS) is 8.64. The topological polar surface area (TPSA) is 39.4 Å². The summed E-state index contributed by atoms with van der Waals surface area (Å²) < 4.78 is 9.26. The first kappa shape index (κ1) is 7.42. The van der Waals surface area contributed by atoms with Crippen LogP contribution in [0.4, 0.5) is 0 Å². The molecule has 3 heteroatoms. The number of carbonyl (C=O) groups excluding carboxylic acids is 1. The minimum absolute atomic E-state index is 0.00991. The minimum Gasteiger partial charge on any atom is -0.472 e. The van der Waals surface area contributed by atoms with Gasteiger partial charge in [-0.3, -0.25) is 0 Å². The first-order valence-corrected chi connectivity index (χ1v) is 2.97. The Hall–Kier alpha value is -1.69. The van der Waals surface area contributed by atoms with Gasteiger partial charge in [-0.05, 0) is 6.07 Å². The van der Waals surface area contributed by atoms with E-state index in [-0.39, 0.29) is 6.61 Å². The summed E-state index contributed by atoms with van der Waals surface area (Å²) in [7, 11) is 0. The van der Waals surface area contributed by atoms with Gasteiger partial charge in [0.15, 0.2) is 6.61 Å². The van der Waals surface area contributed by atoms with Crippen molar-refractivity contribution in [3.8, 4) is 12.3 Å². The molecule has 0 aliphatic heterocycles. The van der Waals surface area contributed by atoms with Gasteiger partial charge in [0.05, 0.1) is 11.8 Å². The summed E-state index contributed by atoms with van der Waals surface area (Å²) in [6, 6.07) is 1.51. The maximum absolute atomic E-state index is 10.9. The standard InChI is InChI=1S/C8H6O3/c1-2-4-11-8(9)7-3-5-10-6-7/h1,3,5-6H,4H2. The van der Waals surface area contributed by atoms with Gasteiger partial charge in [-0.1, -0.05) is 5.92 Å². The van der Waals surface area contributed by atoms with Crippen molar-refractivity contribution in [3.05, 3.63) is 24.2 Å². The largest absolute Gasteiger partial charge is 0.472 e. The molecule has 1 aromatic heterocycles. The summed E-state index contributed by atoms with van der Waals surface area (Å²) in [5, 5.41) is 0. The summed E-state index contributed by atoms with van der Waals surface area (Å²) in [5.41, 5.74) is 0.375. The van der Waals surface area contributed by atoms with Crippen molar-refractivity contribution < 1.29 is 13.9 Å². The Morgan fingerprint density at radius 2 is 2.64 bits per heavy atom. The van der Waals surface area contributed by atoms with E-state index in [1.807, 2.05) is 0 Å². The molecule has 0 fully saturated rings. The SMILES string of the molecule is C#CCOC(=O)c1ccoc1. The van der Waals surface area contributed by atoms with Gasteiger partial charge in [0, 0.05) is 0 Å². The molecule has 1 heterocycles. The van der Waals surface area contributed by atoms with Gasteiger partial charge < -0.3 is 9.15 Å². The molecular weight excluding hydrogens is 144 g/mol. The highest BCUT2D eigenvalue weighted by Gasteiger charge is 2.05. The number of carbonyl (C=O) groups is 1. The molecule has 0 aromatic carbocycles. The average Bonchev–Trinajstić information content (AvgIpc) is 2.52. The van der Waals surface area contributed by atoms with Gasteiger partial charge in [-0.25, -0.2) is 4.79 Å². The number of terminal acetylenes is 1. The highest BCUT2D eigenvalue weighted by atomic mass is 16.5. The average molecular weight is 150 g/mol. The van der Waals surface area contributed by atoms with Crippen molar-refractivity contribution >= 4 is 5.97 Å². The summed E-state index contributed by atoms with van der Waals surface area (Å²) in [6.45, 7) is -0.00991. The Morgan fingerprint density at radius 3 is 3.18 bits per heavy atom. The molecule has 1 rings (SSSR count). The van der Waals surface area contributed by atoms with Crippen molar-refractivity contribution in [2.24, 2.45) is 0 Å². The third-order valence-corrected chi connectivity index (χ3v) is 1.04. The fraction of sp³-hybridized carbons (Fsp3) is 0.125. The van der Waals surface area contributed by atoms with Gasteiger partial charge >= 0.3 is 5.97 Å². The van der Waals surface area contributed by atoms with Crippen molar-refractivity contribution in [3.63, 3.8) is 0 Å². The van der Waals surface area contributed by atoms with E-state index in [1.54, 1.807) is 0 Å². The molecule has 0 saturated heterocycles. The number of ether oxygens (including phenoxy) is 1. The molecule has 0 N–H and O–H groups in total. The molecule has 11 heavy (non-hydrogen) atoms. The Labute approximate surface area is 64.0 Å². The van der Waals surface area contributed by atoms with E-state index in [4.69, 9.17) is 6.42 Å². The summed E-state index contributed by atoms with van der Waals surface area (Å²) in [5.74, 6) is 1.73. The smallest absolute Gasteiger partial charge is 0.342 e. The quantitative estimate of drug-likeness (QED) is 0.467. The molecule has 0 unspecified atom stereocenters. The maximum Gasteiger partial charge on any atom is 0.342 e. The molecule has 0 spiro atoms. The first-order chi connectivity index (χ1) is 5.34. The van der Waals surface area contributed by atoms with E-state index in [0.717, 1.165) is 0 Å². The monoisotopic (exact) mass is 150 g/mol. The summed E-state index contributed by atoms with van der Waals surface area (Å²) in [6.07, 6.45) is 7.58. The lowest BCUT2D eigenvalue weighted by atomic mass is 10.3. The summed E-state index contributed by atoms with van der Waals surface area (Å²) in [4.78, 5) is 10.9. The molecule has 0 atom stereocenters. The van der Waals surface area contributed by atoms with Gasteiger partial charge in [0.25, 0.3) is 0 Å². The molecule has 0 bridgehead atoms. The lowest BCUT2D eigenvalue weighted by molar-refractivity contribution is 0.0556. The van der Waals surface area contributed by atoms with Gasteiger partial charge in [0.2, 0.25) is 0 Å². The highest BCUT2D eigenvalue weighted by Crippen LogP contribution is 2.01. The highest BCUT2D eigenvalue weighted by molar-refractivity contribution is 5.88. The van der Waals surface area contributed by atoms with Crippen molar-refractivity contribution in [1.29, 1.82) is 0 Å². The molecule has 0 aliphatic carbocycles. The fourth-order valence-corrected chi connectivity index (χ4v) is 0.571. The lowest BCUT2D eigenvalue weighted by Gasteiger charge is -1.94. The molecule has 56 valence electrons. The second-order valence-corrected chi connectivity index (χ2v) is 1.79. The van der Waals surface area contributed by atoms with Gasteiger partial charge in [-0.15, -0.1) is 6.42 Å². The predicted molar refractivity (Wildman–Crippen MR) is 37.8 cm³/mol. The van der Waals surface area contributed by atoms with E-state index < -0.39 is 5.97 Å². The minimum atomic E-state index is -0.461. The third kappa shape index (κ3) is 1.87. The molecule has 0 amide bonds. The number of hydrogen-bond acceptors (Lipinski definition) is 3. The van der Waals surface area contributed by atoms with Crippen molar-refractivity contribution in [2.75, 3.05) is 6.61 Å². The van der Waals surface area contributed by atoms with Crippen LogP contribution in [-0.2, 0) is 4.74 Å². The Bertz CT molecular complexity index is 266. The van der Waals surface area contributed by atoms with E-state index in [9.17, 15) is 4.79 Å². The van der Waals surface area contributed by atoms with Crippen LogP contribution in [0.15, 0.2) is 23.0 Å². The number of rotatable bonds is 2. The Kier molecular flexibility index (Phi) is 2.34. The number of hydrogen-bond donors (Lipinski definition) is 0. The van der Waals surface area contributed by atoms with Crippen LogP contribution in [0.3, 0.4) is 0 Å². The molecule has 0 radical (unpaired) electrons. The van der Waals surface area contributed by atoms with Gasteiger partial charge in [-0.2, -0.15) is 0 Å². The van der Waals surface area contributed by atoms with Crippen LogP contribution in [-0.4, -0.2) is 12.6 Å². The molecular formula is C8H6O3. The van der Waals surface area contributed by atoms with Crippen LogP contribution in [0.2, 0.25) is 0 Å². The molecule has 0 saturated carbocycles. The summed E-state index contributed by atoms with van der Waals surface area (Å²) >= 11 is 0. The van der Waals surface area contributed by atoms with Crippen LogP contribution < -0.4 is 0 Å². The zero-order valence-electron chi connectivity index (χ0n) is 5.74. The van der Waals surface area contributed by atoms with Crippen molar-refractivity contribution in [1.82, 2.24) is 0 Å². The predicted octanol–water partition coefficient (Wildman–Crippen LogP) is 1.07.